The van der Waals surface area contributed by atoms with E-state index in [1.807, 2.05) is 0 Å². The Morgan fingerprint density at radius 3 is 2.20 bits per heavy atom. The van der Waals surface area contributed by atoms with Crippen LogP contribution in [0.25, 0.3) is 0 Å². The van der Waals surface area contributed by atoms with Crippen LogP contribution >= 0.6 is 0 Å². The van der Waals surface area contributed by atoms with Crippen LogP contribution in [0.2, 0.25) is 0 Å². The molecule has 0 aliphatic rings. The first-order valence-corrected chi connectivity index (χ1v) is 3.77. The van der Waals surface area contributed by atoms with Crippen LogP contribution in [0.5, 0.6) is 11.5 Å². The summed E-state index contributed by atoms with van der Waals surface area (Å²) in [7, 11) is 0. The number of hydrogen-bond acceptors (Lipinski definition) is 4. The smallest absolute Gasteiger partial charge is 0.372 e. The Morgan fingerprint density at radius 1 is 1.13 bits per heavy atom. The maximum atomic E-state index is 10.8. The van der Waals surface area contributed by atoms with Gasteiger partial charge in [0, 0.05) is 36.0 Å². The normalized spacial score (nSPS) is 9.07. The van der Waals surface area contributed by atoms with Crippen molar-refractivity contribution in [2.24, 2.45) is 0 Å². The molecular weight excluding hydrogens is 211 g/mol. The zero-order valence-corrected chi connectivity index (χ0v) is 10.1. The van der Waals surface area contributed by atoms with Gasteiger partial charge >= 0.3 is 5.97 Å². The number of rotatable bonds is 3. The van der Waals surface area contributed by atoms with E-state index in [-0.39, 0.29) is 47.5 Å². The van der Waals surface area contributed by atoms with Crippen LogP contribution in [0.4, 0.5) is 0 Å². The van der Waals surface area contributed by atoms with Gasteiger partial charge in [0.2, 0.25) is 5.78 Å². The SMILES string of the molecule is O=C(O)C(=O)Cc1ccc(O)c(O)c1.[Na]. The van der Waals surface area contributed by atoms with Gasteiger partial charge < -0.3 is 15.3 Å². The summed E-state index contributed by atoms with van der Waals surface area (Å²) in [6.45, 7) is 0. The van der Waals surface area contributed by atoms with Crippen LogP contribution in [0.15, 0.2) is 18.2 Å². The minimum Gasteiger partial charge on any atom is -0.504 e. The van der Waals surface area contributed by atoms with E-state index >= 15 is 0 Å². The second-order valence-electron chi connectivity index (χ2n) is 2.73. The third-order valence-corrected chi connectivity index (χ3v) is 1.64. The summed E-state index contributed by atoms with van der Waals surface area (Å²) in [4.78, 5) is 21.0. The summed E-state index contributed by atoms with van der Waals surface area (Å²) < 4.78 is 0. The number of phenolic OH excluding ortho intramolecular Hbond substituents is 2. The second kappa shape index (κ2) is 5.75. The van der Waals surface area contributed by atoms with E-state index in [2.05, 4.69) is 0 Å². The number of ketones is 1. The standard InChI is InChI=1S/C9H8O5.Na/c10-6-2-1-5(3-7(6)11)4-8(12)9(13)14;/h1-3,10-11H,4H2,(H,13,14);. The monoisotopic (exact) mass is 219 g/mol. The molecule has 1 radical (unpaired) electrons. The minimum absolute atomic E-state index is 0. The van der Waals surface area contributed by atoms with Crippen molar-refractivity contribution in [3.8, 4) is 11.5 Å². The Balaban J connectivity index is 0.00000196. The van der Waals surface area contributed by atoms with Crippen molar-refractivity contribution in [2.75, 3.05) is 0 Å². The number of Topliss-reactive ketones (excluding diaryl/α,β-unsaturated/α-hetero) is 1. The molecule has 0 aliphatic carbocycles. The molecular formula is C9H8NaO5. The van der Waals surface area contributed by atoms with Crippen LogP contribution in [-0.4, -0.2) is 56.6 Å². The second-order valence-corrected chi connectivity index (χ2v) is 2.73. The van der Waals surface area contributed by atoms with Crippen LogP contribution in [0.3, 0.4) is 0 Å². The molecule has 6 heteroatoms. The Hall–Kier alpha value is -1.04. The van der Waals surface area contributed by atoms with Gasteiger partial charge in [0.1, 0.15) is 0 Å². The van der Waals surface area contributed by atoms with E-state index in [1.165, 1.54) is 12.1 Å². The number of carboxylic acids is 1. The zero-order valence-electron chi connectivity index (χ0n) is 8.10. The van der Waals surface area contributed by atoms with Crippen molar-refractivity contribution in [1.29, 1.82) is 0 Å². The van der Waals surface area contributed by atoms with E-state index in [4.69, 9.17) is 15.3 Å². The Kier molecular flexibility index (Phi) is 5.35. The molecule has 0 aromatic heterocycles. The Labute approximate surface area is 108 Å². The molecule has 0 saturated carbocycles. The topological polar surface area (TPSA) is 94.8 Å². The molecule has 0 unspecified atom stereocenters. The van der Waals surface area contributed by atoms with E-state index < -0.39 is 11.8 Å². The van der Waals surface area contributed by atoms with Crippen molar-refractivity contribution in [2.45, 2.75) is 6.42 Å². The molecule has 1 rings (SSSR count). The molecule has 5 nitrogen and oxygen atoms in total. The van der Waals surface area contributed by atoms with Gasteiger partial charge in [0.05, 0.1) is 0 Å². The van der Waals surface area contributed by atoms with E-state index in [1.54, 1.807) is 0 Å². The number of carbonyl (C=O) groups is 2. The quantitative estimate of drug-likeness (QED) is 0.375. The van der Waals surface area contributed by atoms with Crippen molar-refractivity contribution in [1.82, 2.24) is 0 Å². The summed E-state index contributed by atoms with van der Waals surface area (Å²) in [5.74, 6) is -3.16. The van der Waals surface area contributed by atoms with E-state index in [9.17, 15) is 9.59 Å². The molecule has 1 aromatic carbocycles. The number of phenols is 2. The summed E-state index contributed by atoms with van der Waals surface area (Å²) >= 11 is 0. The average Bonchev–Trinajstić information content (AvgIpc) is 2.11. The van der Waals surface area contributed by atoms with Crippen LogP contribution < -0.4 is 0 Å². The number of carboxylic acid groups (broad SMARTS) is 1. The number of aromatic hydroxyl groups is 2. The predicted molar refractivity (Wildman–Crippen MR) is 51.9 cm³/mol. The van der Waals surface area contributed by atoms with Crippen LogP contribution in [-0.2, 0) is 16.0 Å². The number of benzene rings is 1. The van der Waals surface area contributed by atoms with Gasteiger partial charge in [-0.1, -0.05) is 6.07 Å². The van der Waals surface area contributed by atoms with Crippen molar-refractivity contribution >= 4 is 41.3 Å². The molecule has 0 amide bonds. The predicted octanol–water partition coefficient (Wildman–Crippen LogP) is -0.0868. The van der Waals surface area contributed by atoms with Gasteiger partial charge in [-0.3, -0.25) is 4.79 Å². The fourth-order valence-corrected chi connectivity index (χ4v) is 0.940. The van der Waals surface area contributed by atoms with Gasteiger partial charge in [-0.2, -0.15) is 0 Å². The molecule has 75 valence electrons. The van der Waals surface area contributed by atoms with Gasteiger partial charge in [0.15, 0.2) is 11.5 Å². The number of aliphatic carboxylic acids is 1. The summed E-state index contributed by atoms with van der Waals surface area (Å²) in [5.41, 5.74) is 0.340. The molecule has 0 fully saturated rings. The van der Waals surface area contributed by atoms with Crippen molar-refractivity contribution < 1.29 is 24.9 Å². The molecule has 0 bridgehead atoms. The third kappa shape index (κ3) is 3.91. The minimum atomic E-state index is -1.52. The van der Waals surface area contributed by atoms with Crippen LogP contribution in [0, 0.1) is 0 Å². The van der Waals surface area contributed by atoms with Gasteiger partial charge in [0.25, 0.3) is 0 Å². The molecule has 1 aromatic rings. The number of hydrogen-bond donors (Lipinski definition) is 3. The molecule has 0 heterocycles. The molecule has 0 atom stereocenters. The van der Waals surface area contributed by atoms with Crippen LogP contribution in [0.1, 0.15) is 5.56 Å². The Morgan fingerprint density at radius 2 is 1.73 bits per heavy atom. The first-order valence-electron chi connectivity index (χ1n) is 3.77. The van der Waals surface area contributed by atoms with Gasteiger partial charge in [-0.25, -0.2) is 4.79 Å². The van der Waals surface area contributed by atoms with Crippen molar-refractivity contribution in [3.05, 3.63) is 23.8 Å². The molecule has 0 spiro atoms. The fraction of sp³-hybridized carbons (Fsp3) is 0.111. The maximum absolute atomic E-state index is 10.8. The first kappa shape index (κ1) is 14.0. The molecule has 15 heavy (non-hydrogen) atoms. The summed E-state index contributed by atoms with van der Waals surface area (Å²) in [5, 5.41) is 26.3. The van der Waals surface area contributed by atoms with Gasteiger partial charge in [-0.05, 0) is 17.7 Å². The third-order valence-electron chi connectivity index (χ3n) is 1.64. The fourth-order valence-electron chi connectivity index (χ4n) is 0.940. The van der Waals surface area contributed by atoms with E-state index in [0.717, 1.165) is 6.07 Å². The van der Waals surface area contributed by atoms with Gasteiger partial charge in [-0.15, -0.1) is 0 Å². The largest absolute Gasteiger partial charge is 0.504 e. The van der Waals surface area contributed by atoms with Crippen molar-refractivity contribution in [3.63, 3.8) is 0 Å². The first-order chi connectivity index (χ1) is 6.50. The number of carbonyl (C=O) groups excluding carboxylic acids is 1. The maximum Gasteiger partial charge on any atom is 0.372 e. The average molecular weight is 219 g/mol. The molecule has 0 aliphatic heterocycles. The molecule has 3 N–H and O–H groups in total. The molecule has 0 saturated heterocycles. The summed E-state index contributed by atoms with van der Waals surface area (Å²) in [6.07, 6.45) is -0.302. The van der Waals surface area contributed by atoms with E-state index in [0.29, 0.717) is 5.56 Å². The summed E-state index contributed by atoms with van der Waals surface area (Å²) in [6, 6.07) is 3.71. The zero-order chi connectivity index (χ0) is 10.7. The Bertz CT molecular complexity index is 388.